The van der Waals surface area contributed by atoms with Gasteiger partial charge in [0.25, 0.3) is 0 Å². The summed E-state index contributed by atoms with van der Waals surface area (Å²) in [5.74, 6) is -11.6. The van der Waals surface area contributed by atoms with Gasteiger partial charge in [-0.25, -0.2) is 22.5 Å². The third-order valence-electron chi connectivity index (χ3n) is 2.73. The van der Waals surface area contributed by atoms with E-state index in [4.69, 9.17) is 4.55 Å². The normalized spacial score (nSPS) is 16.0. The predicted molar refractivity (Wildman–Crippen MR) is 57.8 cm³/mol. The molecular weight excluding hydrogens is 322 g/mol. The van der Waals surface area contributed by atoms with Crippen molar-refractivity contribution in [2.24, 2.45) is 0 Å². The molecule has 2 rings (SSSR count). The summed E-state index contributed by atoms with van der Waals surface area (Å²) in [7, 11) is -5.59. The Labute approximate surface area is 114 Å². The zero-order chi connectivity index (χ0) is 16.1. The molecule has 0 aromatic heterocycles. The number of hydrogen-bond donors (Lipinski definition) is 1. The first-order valence-corrected chi connectivity index (χ1v) is 6.70. The van der Waals surface area contributed by atoms with Crippen LogP contribution in [0.5, 0.6) is 0 Å². The molecule has 0 unspecified atom stereocenters. The summed E-state index contributed by atoms with van der Waals surface area (Å²) in [6.07, 6.45) is -0.831. The predicted octanol–water partition coefficient (Wildman–Crippen LogP) is 1.14. The second-order valence-electron chi connectivity index (χ2n) is 4.03. The molecule has 6 nitrogen and oxygen atoms in total. The maximum atomic E-state index is 13.7. The Morgan fingerprint density at radius 2 is 1.24 bits per heavy atom. The molecule has 1 saturated heterocycles. The number of carbonyl (C=O) groups excluding carboxylic acids is 2. The van der Waals surface area contributed by atoms with Crippen LogP contribution in [0.4, 0.5) is 23.2 Å². The number of amides is 2. The van der Waals surface area contributed by atoms with E-state index in [1.807, 2.05) is 0 Å². The Hall–Kier alpha value is -2.01. The lowest BCUT2D eigenvalue weighted by Gasteiger charge is -2.17. The summed E-state index contributed by atoms with van der Waals surface area (Å²) in [6, 6.07) is 0. The van der Waals surface area contributed by atoms with E-state index in [1.54, 1.807) is 0 Å². The Morgan fingerprint density at radius 3 is 1.57 bits per heavy atom. The average molecular weight is 327 g/mol. The van der Waals surface area contributed by atoms with Crippen molar-refractivity contribution in [1.82, 2.24) is 0 Å². The number of anilines is 1. The summed E-state index contributed by atoms with van der Waals surface area (Å²) in [4.78, 5) is 20.4. The van der Waals surface area contributed by atoms with Crippen LogP contribution in [0.2, 0.25) is 0 Å². The van der Waals surface area contributed by atoms with Crippen LogP contribution in [0.3, 0.4) is 0 Å². The quantitative estimate of drug-likeness (QED) is 0.381. The highest BCUT2D eigenvalue weighted by molar-refractivity contribution is 7.85. The maximum Gasteiger partial charge on any atom is 0.300 e. The molecular formula is C10H5F4NO5S. The van der Waals surface area contributed by atoms with Crippen molar-refractivity contribution in [2.75, 3.05) is 4.90 Å². The molecule has 1 aromatic rings. The fraction of sp³-hybridized carbons (Fsp3) is 0.200. The molecule has 1 aliphatic heterocycles. The number of benzene rings is 1. The topological polar surface area (TPSA) is 91.8 Å². The number of halogens is 4. The van der Waals surface area contributed by atoms with Gasteiger partial charge in [-0.05, 0) is 0 Å². The molecule has 11 heteroatoms. The molecule has 114 valence electrons. The van der Waals surface area contributed by atoms with Crippen molar-refractivity contribution in [3.63, 3.8) is 0 Å². The van der Waals surface area contributed by atoms with Crippen molar-refractivity contribution in [3.8, 4) is 0 Å². The first-order chi connectivity index (χ1) is 9.57. The standard InChI is InChI=1S/C10H5F4NO5S/c11-5-7(13)10(21(18,19)20)8(14)6(12)9(5)15-3(16)1-2-4(15)17/h1-2H2,(H,18,19,20). The lowest BCUT2D eigenvalue weighted by atomic mass is 10.2. The monoisotopic (exact) mass is 327 g/mol. The molecule has 1 fully saturated rings. The number of carbonyl (C=O) groups is 2. The van der Waals surface area contributed by atoms with Crippen LogP contribution in [0.25, 0.3) is 0 Å². The third kappa shape index (κ3) is 2.27. The molecule has 0 spiro atoms. The largest absolute Gasteiger partial charge is 0.300 e. The van der Waals surface area contributed by atoms with Gasteiger partial charge in [-0.2, -0.15) is 8.42 Å². The van der Waals surface area contributed by atoms with Crippen LogP contribution in [0, 0.1) is 23.3 Å². The Kier molecular flexibility index (Phi) is 3.49. The lowest BCUT2D eigenvalue weighted by Crippen LogP contribution is -2.31. The van der Waals surface area contributed by atoms with Crippen molar-refractivity contribution < 1.29 is 40.1 Å². The van der Waals surface area contributed by atoms with Crippen LogP contribution in [0.15, 0.2) is 4.90 Å². The second kappa shape index (κ2) is 4.77. The summed E-state index contributed by atoms with van der Waals surface area (Å²) >= 11 is 0. The van der Waals surface area contributed by atoms with E-state index in [0.29, 0.717) is 0 Å². The van der Waals surface area contributed by atoms with Crippen LogP contribution in [0.1, 0.15) is 12.8 Å². The smallest absolute Gasteiger partial charge is 0.282 e. The first-order valence-electron chi connectivity index (χ1n) is 5.26. The molecule has 0 bridgehead atoms. The minimum atomic E-state index is -5.59. The molecule has 21 heavy (non-hydrogen) atoms. The minimum absolute atomic E-state index is 0.107. The van der Waals surface area contributed by atoms with E-state index in [0.717, 1.165) is 0 Å². The maximum absolute atomic E-state index is 13.7. The summed E-state index contributed by atoms with van der Waals surface area (Å²) in [6.45, 7) is 0. The SMILES string of the molecule is O=C1CCC(=O)N1c1c(F)c(F)c(S(=O)(=O)O)c(F)c1F. The van der Waals surface area contributed by atoms with Crippen LogP contribution in [-0.2, 0) is 19.7 Å². The van der Waals surface area contributed by atoms with Crippen molar-refractivity contribution >= 4 is 27.6 Å². The van der Waals surface area contributed by atoms with Gasteiger partial charge >= 0.3 is 10.1 Å². The molecule has 2 amide bonds. The number of nitrogens with zero attached hydrogens (tertiary/aromatic N) is 1. The minimum Gasteiger partial charge on any atom is -0.282 e. The number of rotatable bonds is 2. The number of imide groups is 1. The Bertz CT molecular complexity index is 731. The van der Waals surface area contributed by atoms with Crippen molar-refractivity contribution in [3.05, 3.63) is 23.3 Å². The van der Waals surface area contributed by atoms with Crippen molar-refractivity contribution in [2.45, 2.75) is 17.7 Å². The molecule has 0 aliphatic carbocycles. The highest BCUT2D eigenvalue weighted by Gasteiger charge is 2.40. The zero-order valence-electron chi connectivity index (χ0n) is 9.86. The van der Waals surface area contributed by atoms with Crippen molar-refractivity contribution in [1.29, 1.82) is 0 Å². The fourth-order valence-electron chi connectivity index (χ4n) is 1.85. The average Bonchev–Trinajstić information content (AvgIpc) is 2.67. The highest BCUT2D eigenvalue weighted by atomic mass is 32.2. The van der Waals surface area contributed by atoms with Gasteiger partial charge in [0.1, 0.15) is 5.69 Å². The number of hydrogen-bond acceptors (Lipinski definition) is 4. The van der Waals surface area contributed by atoms with Gasteiger partial charge in [-0.15, -0.1) is 0 Å². The van der Waals surface area contributed by atoms with Gasteiger partial charge in [0, 0.05) is 12.8 Å². The molecule has 0 radical (unpaired) electrons. The van der Waals surface area contributed by atoms with E-state index >= 15 is 0 Å². The van der Waals surface area contributed by atoms with E-state index in [-0.39, 0.29) is 4.90 Å². The highest BCUT2D eigenvalue weighted by Crippen LogP contribution is 2.35. The van der Waals surface area contributed by atoms with E-state index in [9.17, 15) is 35.6 Å². The second-order valence-corrected chi connectivity index (χ2v) is 5.39. The lowest BCUT2D eigenvalue weighted by molar-refractivity contribution is -0.121. The van der Waals surface area contributed by atoms with Crippen LogP contribution >= 0.6 is 0 Å². The van der Waals surface area contributed by atoms with Gasteiger partial charge in [-0.1, -0.05) is 0 Å². The van der Waals surface area contributed by atoms with E-state index in [2.05, 4.69) is 0 Å². The van der Waals surface area contributed by atoms with E-state index in [1.165, 1.54) is 0 Å². The van der Waals surface area contributed by atoms with Gasteiger partial charge in [-0.3, -0.25) is 14.1 Å². The van der Waals surface area contributed by atoms with Gasteiger partial charge in [0.2, 0.25) is 11.8 Å². The summed E-state index contributed by atoms with van der Waals surface area (Å²) in [5, 5.41) is 0. The van der Waals surface area contributed by atoms with Crippen LogP contribution < -0.4 is 4.90 Å². The van der Waals surface area contributed by atoms with E-state index < -0.39 is 68.6 Å². The molecule has 1 aromatic carbocycles. The van der Waals surface area contributed by atoms with Crippen LogP contribution in [-0.4, -0.2) is 24.8 Å². The fourth-order valence-corrected chi connectivity index (χ4v) is 2.48. The summed E-state index contributed by atoms with van der Waals surface area (Å²) < 4.78 is 84.6. The van der Waals surface area contributed by atoms with Gasteiger partial charge in [0.05, 0.1) is 0 Å². The van der Waals surface area contributed by atoms with Gasteiger partial charge in [0.15, 0.2) is 28.2 Å². The molecule has 1 N–H and O–H groups in total. The molecule has 0 saturated carbocycles. The molecule has 1 aliphatic rings. The summed E-state index contributed by atoms with van der Waals surface area (Å²) in [5.41, 5.74) is -1.65. The Morgan fingerprint density at radius 1 is 0.857 bits per heavy atom. The molecule has 0 atom stereocenters. The Balaban J connectivity index is 2.83. The zero-order valence-corrected chi connectivity index (χ0v) is 10.7. The molecule has 1 heterocycles. The first kappa shape index (κ1) is 15.4. The third-order valence-corrected chi connectivity index (χ3v) is 3.61. The van der Waals surface area contributed by atoms with Gasteiger partial charge < -0.3 is 0 Å².